The maximum atomic E-state index is 11.5. The molecule has 15 nitrogen and oxygen atoms in total. The monoisotopic (exact) mass is 565 g/mol. The van der Waals surface area contributed by atoms with Gasteiger partial charge in [0.2, 0.25) is 5.91 Å². The van der Waals surface area contributed by atoms with Crippen LogP contribution in [-0.4, -0.2) is 141 Å². The molecule has 1 aliphatic rings. The fraction of sp³-hybridized carbons (Fsp3) is 0.875. The number of rotatable bonds is 22. The second-order valence-corrected chi connectivity index (χ2v) is 8.44. The topological polar surface area (TPSA) is 202 Å². The van der Waals surface area contributed by atoms with Crippen LogP contribution in [0.4, 0.5) is 0 Å². The number of carbonyl (C=O) groups excluding carboxylic acids is 1. The van der Waals surface area contributed by atoms with Crippen molar-refractivity contribution in [3.8, 4) is 0 Å². The highest BCUT2D eigenvalue weighted by atomic mass is 16.6. The SMILES string of the molecule is CO.NCCCC(=O)NCCOCc1cn(CCOCCOCCOCCOCC2OCCC(O)C2O)nn1. The van der Waals surface area contributed by atoms with Crippen molar-refractivity contribution < 1.29 is 48.5 Å². The molecule has 0 radical (unpaired) electrons. The van der Waals surface area contributed by atoms with Crippen LogP contribution in [0.5, 0.6) is 0 Å². The van der Waals surface area contributed by atoms with E-state index >= 15 is 0 Å². The van der Waals surface area contributed by atoms with Gasteiger partial charge in [-0.25, -0.2) is 4.68 Å². The number of carbonyl (C=O) groups is 1. The van der Waals surface area contributed by atoms with Crippen LogP contribution >= 0.6 is 0 Å². The Morgan fingerprint density at radius 3 is 2.41 bits per heavy atom. The maximum Gasteiger partial charge on any atom is 0.220 e. The van der Waals surface area contributed by atoms with Crippen molar-refractivity contribution in [2.24, 2.45) is 5.73 Å². The Labute approximate surface area is 229 Å². The number of nitrogens with one attached hydrogen (secondary N) is 1. The second kappa shape index (κ2) is 24.0. The first-order valence-corrected chi connectivity index (χ1v) is 13.3. The van der Waals surface area contributed by atoms with Gasteiger partial charge >= 0.3 is 0 Å². The molecule has 2 heterocycles. The molecule has 1 amide bonds. The van der Waals surface area contributed by atoms with E-state index in [9.17, 15) is 15.0 Å². The Hall–Kier alpha value is -1.79. The summed E-state index contributed by atoms with van der Waals surface area (Å²) in [5.41, 5.74) is 6.08. The molecule has 2 rings (SSSR count). The van der Waals surface area contributed by atoms with Gasteiger partial charge in [0.1, 0.15) is 17.9 Å². The van der Waals surface area contributed by atoms with E-state index < -0.39 is 18.3 Å². The summed E-state index contributed by atoms with van der Waals surface area (Å²) in [7, 11) is 1.00. The van der Waals surface area contributed by atoms with E-state index in [1.807, 2.05) is 0 Å². The number of hydrogen-bond acceptors (Lipinski definition) is 13. The van der Waals surface area contributed by atoms with Crippen molar-refractivity contribution in [2.45, 2.75) is 50.7 Å². The van der Waals surface area contributed by atoms with Crippen LogP contribution < -0.4 is 11.1 Å². The molecule has 39 heavy (non-hydrogen) atoms. The van der Waals surface area contributed by atoms with E-state index in [1.54, 1.807) is 10.9 Å². The molecule has 0 aromatic carbocycles. The molecule has 1 aromatic rings. The van der Waals surface area contributed by atoms with Crippen molar-refractivity contribution in [3.05, 3.63) is 11.9 Å². The molecule has 1 saturated heterocycles. The lowest BCUT2D eigenvalue weighted by Crippen LogP contribution is -2.46. The zero-order chi connectivity index (χ0) is 28.6. The first-order chi connectivity index (χ1) is 19.1. The average molecular weight is 566 g/mol. The maximum absolute atomic E-state index is 11.5. The summed E-state index contributed by atoms with van der Waals surface area (Å²) in [5, 5.41) is 37.3. The number of hydrogen-bond donors (Lipinski definition) is 5. The highest BCUT2D eigenvalue weighted by Crippen LogP contribution is 2.14. The lowest BCUT2D eigenvalue weighted by molar-refractivity contribution is -0.156. The fourth-order valence-corrected chi connectivity index (χ4v) is 3.33. The fourth-order valence-electron chi connectivity index (χ4n) is 3.33. The number of aliphatic hydroxyl groups excluding tert-OH is 3. The molecule has 1 aliphatic heterocycles. The molecule has 0 saturated carbocycles. The van der Waals surface area contributed by atoms with Crippen LogP contribution in [0.25, 0.3) is 0 Å². The minimum absolute atomic E-state index is 0.0218. The van der Waals surface area contributed by atoms with Gasteiger partial charge in [-0.15, -0.1) is 5.10 Å². The summed E-state index contributed by atoms with van der Waals surface area (Å²) < 4.78 is 34.4. The first kappa shape index (κ1) is 35.2. The summed E-state index contributed by atoms with van der Waals surface area (Å²) in [6.07, 6.45) is 1.17. The Balaban J connectivity index is 0.00000371. The molecular formula is C24H47N5O10. The van der Waals surface area contributed by atoms with Crippen LogP contribution in [-0.2, 0) is 46.4 Å². The number of amides is 1. The number of nitrogens with two attached hydrogens (primary N) is 1. The molecule has 3 atom stereocenters. The standard InChI is InChI=1S/C23H43N5O9.CH4O/c24-4-1-2-22(30)25-5-8-35-17-19-16-28(27-26-19)6-9-32-10-11-33-12-13-34-14-15-36-18-21-23(31)20(29)3-7-37-21;1-2/h16,20-21,23,29,31H,1-15,17-18,24H2,(H,25,30);2H,1H3. The summed E-state index contributed by atoms with van der Waals surface area (Å²) in [4.78, 5) is 11.5. The van der Waals surface area contributed by atoms with Gasteiger partial charge in [0.05, 0.1) is 84.9 Å². The molecule has 3 unspecified atom stereocenters. The van der Waals surface area contributed by atoms with Gasteiger partial charge in [-0.05, 0) is 19.4 Å². The normalized spacial score (nSPS) is 18.9. The highest BCUT2D eigenvalue weighted by molar-refractivity contribution is 5.75. The third-order valence-electron chi connectivity index (χ3n) is 5.40. The van der Waals surface area contributed by atoms with Gasteiger partial charge in [0.15, 0.2) is 0 Å². The summed E-state index contributed by atoms with van der Waals surface area (Å²) in [6, 6.07) is 0. The molecule has 0 spiro atoms. The third kappa shape index (κ3) is 17.5. The molecule has 1 fully saturated rings. The summed E-state index contributed by atoms with van der Waals surface area (Å²) in [6.45, 7) is 5.93. The molecule has 0 bridgehead atoms. The molecule has 228 valence electrons. The van der Waals surface area contributed by atoms with Crippen molar-refractivity contribution in [1.82, 2.24) is 20.3 Å². The predicted octanol–water partition coefficient (Wildman–Crippen LogP) is -2.16. The Morgan fingerprint density at radius 2 is 1.72 bits per heavy atom. The van der Waals surface area contributed by atoms with E-state index in [0.29, 0.717) is 111 Å². The number of ether oxygens (including phenoxy) is 6. The molecule has 0 aliphatic carbocycles. The van der Waals surface area contributed by atoms with Crippen LogP contribution in [0.2, 0.25) is 0 Å². The quantitative estimate of drug-likeness (QED) is 0.0952. The van der Waals surface area contributed by atoms with Crippen LogP contribution in [0, 0.1) is 0 Å². The number of aliphatic hydroxyl groups is 3. The van der Waals surface area contributed by atoms with Crippen molar-refractivity contribution in [2.75, 3.05) is 86.3 Å². The van der Waals surface area contributed by atoms with Gasteiger partial charge in [0, 0.05) is 26.7 Å². The summed E-state index contributed by atoms with van der Waals surface area (Å²) >= 11 is 0. The average Bonchev–Trinajstić information content (AvgIpc) is 3.40. The van der Waals surface area contributed by atoms with Crippen molar-refractivity contribution >= 4 is 5.91 Å². The largest absolute Gasteiger partial charge is 0.400 e. The lowest BCUT2D eigenvalue weighted by atomic mass is 10.0. The Morgan fingerprint density at radius 1 is 1.05 bits per heavy atom. The first-order valence-electron chi connectivity index (χ1n) is 13.3. The molecule has 1 aromatic heterocycles. The lowest BCUT2D eigenvalue weighted by Gasteiger charge is -2.31. The van der Waals surface area contributed by atoms with E-state index in [-0.39, 0.29) is 12.5 Å². The van der Waals surface area contributed by atoms with Gasteiger partial charge in [-0.2, -0.15) is 0 Å². The van der Waals surface area contributed by atoms with Gasteiger partial charge < -0.3 is 54.8 Å². The smallest absolute Gasteiger partial charge is 0.220 e. The Kier molecular flexibility index (Phi) is 21.7. The van der Waals surface area contributed by atoms with E-state index in [2.05, 4.69) is 15.6 Å². The van der Waals surface area contributed by atoms with Gasteiger partial charge in [0.25, 0.3) is 0 Å². The van der Waals surface area contributed by atoms with E-state index in [0.717, 1.165) is 7.11 Å². The second-order valence-electron chi connectivity index (χ2n) is 8.44. The van der Waals surface area contributed by atoms with Crippen LogP contribution in [0.1, 0.15) is 25.0 Å². The van der Waals surface area contributed by atoms with E-state index in [4.69, 9.17) is 39.3 Å². The zero-order valence-corrected chi connectivity index (χ0v) is 22.9. The summed E-state index contributed by atoms with van der Waals surface area (Å²) in [5.74, 6) is -0.0218. The van der Waals surface area contributed by atoms with Crippen LogP contribution in [0.3, 0.4) is 0 Å². The van der Waals surface area contributed by atoms with Gasteiger partial charge in [-0.3, -0.25) is 4.79 Å². The zero-order valence-electron chi connectivity index (χ0n) is 22.9. The molecular weight excluding hydrogens is 518 g/mol. The van der Waals surface area contributed by atoms with Crippen molar-refractivity contribution in [3.63, 3.8) is 0 Å². The molecule has 6 N–H and O–H groups in total. The predicted molar refractivity (Wildman–Crippen MR) is 139 cm³/mol. The minimum Gasteiger partial charge on any atom is -0.400 e. The minimum atomic E-state index is -0.914. The third-order valence-corrected chi connectivity index (χ3v) is 5.40. The number of aromatic nitrogens is 3. The highest BCUT2D eigenvalue weighted by Gasteiger charge is 2.31. The Bertz CT molecular complexity index is 715. The van der Waals surface area contributed by atoms with Crippen molar-refractivity contribution in [1.29, 1.82) is 0 Å². The number of nitrogens with zero attached hydrogens (tertiary/aromatic N) is 3. The van der Waals surface area contributed by atoms with Gasteiger partial charge in [-0.1, -0.05) is 5.21 Å². The molecule has 15 heteroatoms. The van der Waals surface area contributed by atoms with Crippen LogP contribution in [0.15, 0.2) is 6.20 Å². The van der Waals surface area contributed by atoms with E-state index in [1.165, 1.54) is 0 Å².